The van der Waals surface area contributed by atoms with Gasteiger partial charge in [0.15, 0.2) is 0 Å². The van der Waals surface area contributed by atoms with Gasteiger partial charge in [0.25, 0.3) is 0 Å². The molecule has 0 saturated heterocycles. The summed E-state index contributed by atoms with van der Waals surface area (Å²) in [5, 5.41) is 0. The SMILES string of the molecule is [CH3-].[O]=[Mo].[SnH2]. The topological polar surface area (TPSA) is 17.1 Å². The fourth-order valence-corrected chi connectivity index (χ4v) is 0. The van der Waals surface area contributed by atoms with Gasteiger partial charge >= 0.3 is 47.1 Å². The van der Waals surface area contributed by atoms with Gasteiger partial charge in [-0.25, -0.2) is 0 Å². The molecule has 0 saturated carbocycles. The van der Waals surface area contributed by atoms with Crippen LogP contribution in [0.4, 0.5) is 0 Å². The second kappa shape index (κ2) is 28.0. The summed E-state index contributed by atoms with van der Waals surface area (Å²) < 4.78 is 8.26. The molecule has 0 bridgehead atoms. The molecule has 3 heteroatoms. The first kappa shape index (κ1) is 18.6. The van der Waals surface area contributed by atoms with E-state index in [9.17, 15) is 0 Å². The molecule has 0 heterocycles. The van der Waals surface area contributed by atoms with E-state index in [2.05, 4.69) is 0 Å². The zero-order valence-electron chi connectivity index (χ0n) is 2.52. The molecule has 0 amide bonds. The van der Waals surface area contributed by atoms with E-state index >= 15 is 0 Å². The molecule has 0 spiro atoms. The van der Waals surface area contributed by atoms with Gasteiger partial charge in [-0.1, -0.05) is 0 Å². The van der Waals surface area contributed by atoms with E-state index in [0.717, 1.165) is 0 Å². The average Bonchev–Trinajstić information content (AvgIpc) is 1.00. The fourth-order valence-electron chi connectivity index (χ4n) is 0. The third kappa shape index (κ3) is 10.4. The molecule has 26 valence electrons. The van der Waals surface area contributed by atoms with Gasteiger partial charge in [-0.05, 0) is 0 Å². The normalized spacial score (nSPS) is 1.00. The molecular weight excluding hydrogens is 243 g/mol. The number of hydrogen-bond acceptors (Lipinski definition) is 1. The predicted octanol–water partition coefficient (Wildman–Crippen LogP) is -0.587. The van der Waals surface area contributed by atoms with Crippen molar-refractivity contribution in [3.63, 3.8) is 0 Å². The number of hydrogen-bond donors (Lipinski definition) is 0. The van der Waals surface area contributed by atoms with Crippen molar-refractivity contribution < 1.29 is 23.2 Å². The molecule has 0 aromatic heterocycles. The Labute approximate surface area is 54.3 Å². The standard InChI is InChI=1S/CH3.Mo.O.Sn.2H/h1H3;;;;;/q-1;;;;;. The van der Waals surface area contributed by atoms with Gasteiger partial charge in [-0.3, -0.25) is 0 Å². The van der Waals surface area contributed by atoms with Crippen LogP contribution in [0.2, 0.25) is 0 Å². The van der Waals surface area contributed by atoms with Crippen molar-refractivity contribution in [2.45, 2.75) is 0 Å². The molecule has 0 N–H and O–H groups in total. The van der Waals surface area contributed by atoms with Crippen LogP contribution >= 0.6 is 0 Å². The maximum absolute atomic E-state index is 8.26. The summed E-state index contributed by atoms with van der Waals surface area (Å²) in [5.74, 6) is 0. The summed E-state index contributed by atoms with van der Waals surface area (Å²) >= 11 is 0.700. The summed E-state index contributed by atoms with van der Waals surface area (Å²) in [5.41, 5.74) is 0. The first-order chi connectivity index (χ1) is 1.00. The van der Waals surface area contributed by atoms with Crippen molar-refractivity contribution in [1.82, 2.24) is 0 Å². The van der Waals surface area contributed by atoms with Crippen LogP contribution in [-0.4, -0.2) is 23.9 Å². The summed E-state index contributed by atoms with van der Waals surface area (Å²) in [4.78, 5) is 0. The quantitative estimate of drug-likeness (QED) is 0.413. The molecule has 2 radical (unpaired) electrons. The van der Waals surface area contributed by atoms with Crippen molar-refractivity contribution in [3.8, 4) is 0 Å². The van der Waals surface area contributed by atoms with Gasteiger partial charge in [0, 0.05) is 0 Å². The van der Waals surface area contributed by atoms with Crippen molar-refractivity contribution >= 4 is 23.9 Å². The Kier molecular flexibility index (Phi) is 130. The van der Waals surface area contributed by atoms with E-state index in [1.807, 2.05) is 0 Å². The Hall–Kier alpha value is 1.29. The third-order valence-electron chi connectivity index (χ3n) is 0. The van der Waals surface area contributed by atoms with Gasteiger partial charge in [0.1, 0.15) is 0 Å². The molecule has 0 aromatic carbocycles. The summed E-state index contributed by atoms with van der Waals surface area (Å²) in [6.07, 6.45) is 0. The Morgan fingerprint density at radius 3 is 1.25 bits per heavy atom. The van der Waals surface area contributed by atoms with Crippen molar-refractivity contribution in [2.24, 2.45) is 0 Å². The minimum atomic E-state index is 0. The first-order valence-corrected chi connectivity index (χ1v) is 0.986. The van der Waals surface area contributed by atoms with Crippen LogP contribution in [0.5, 0.6) is 0 Å². The van der Waals surface area contributed by atoms with Crippen LogP contribution in [0.15, 0.2) is 0 Å². The van der Waals surface area contributed by atoms with Crippen molar-refractivity contribution in [3.05, 3.63) is 7.43 Å². The zero-order valence-corrected chi connectivity index (χ0v) is 8.57. The Morgan fingerprint density at radius 2 is 1.25 bits per heavy atom. The molecular formula is CH5MoOSn-. The molecule has 0 aliphatic rings. The zero-order chi connectivity index (χ0) is 2.00. The molecule has 0 aliphatic heterocycles. The summed E-state index contributed by atoms with van der Waals surface area (Å²) in [7, 11) is 0. The molecule has 0 atom stereocenters. The van der Waals surface area contributed by atoms with Crippen LogP contribution < -0.4 is 0 Å². The Bertz CT molecular complexity index is 8.00. The molecule has 4 heavy (non-hydrogen) atoms. The van der Waals surface area contributed by atoms with Crippen LogP contribution in [0, 0.1) is 7.43 Å². The van der Waals surface area contributed by atoms with Crippen molar-refractivity contribution in [1.29, 1.82) is 0 Å². The fraction of sp³-hybridized carbons (Fsp3) is 0. The van der Waals surface area contributed by atoms with Crippen LogP contribution in [0.3, 0.4) is 0 Å². The monoisotopic (exact) mass is 251 g/mol. The minimum absolute atomic E-state index is 0. The van der Waals surface area contributed by atoms with E-state index < -0.39 is 0 Å². The average molecular weight is 248 g/mol. The van der Waals surface area contributed by atoms with Crippen LogP contribution in [-0.2, 0) is 23.2 Å². The summed E-state index contributed by atoms with van der Waals surface area (Å²) in [6.45, 7) is 0. The predicted molar refractivity (Wildman–Crippen MR) is 15.6 cm³/mol. The summed E-state index contributed by atoms with van der Waals surface area (Å²) in [6, 6.07) is 0. The molecule has 0 aromatic rings. The maximum atomic E-state index is 8.26. The van der Waals surface area contributed by atoms with Crippen molar-refractivity contribution in [2.75, 3.05) is 0 Å². The number of rotatable bonds is 0. The van der Waals surface area contributed by atoms with Gasteiger partial charge < -0.3 is 7.43 Å². The first-order valence-electron chi connectivity index (χ1n) is 0.167. The van der Waals surface area contributed by atoms with Gasteiger partial charge in [-0.2, -0.15) is 0 Å². The Morgan fingerprint density at radius 1 is 1.25 bits per heavy atom. The Balaban J connectivity index is -0.00000000500. The molecule has 0 unspecified atom stereocenters. The van der Waals surface area contributed by atoms with E-state index in [1.54, 1.807) is 0 Å². The van der Waals surface area contributed by atoms with Gasteiger partial charge in [0.05, 0.1) is 0 Å². The van der Waals surface area contributed by atoms with Gasteiger partial charge in [-0.15, -0.1) is 0 Å². The van der Waals surface area contributed by atoms with Crippen LogP contribution in [0.25, 0.3) is 0 Å². The van der Waals surface area contributed by atoms with E-state index in [-0.39, 0.29) is 31.3 Å². The van der Waals surface area contributed by atoms with E-state index in [4.69, 9.17) is 3.40 Å². The molecule has 1 nitrogen and oxygen atoms in total. The van der Waals surface area contributed by atoms with Gasteiger partial charge in [0.2, 0.25) is 0 Å². The molecule has 0 fully saturated rings. The van der Waals surface area contributed by atoms with E-state index in [1.165, 1.54) is 0 Å². The van der Waals surface area contributed by atoms with E-state index in [0.29, 0.717) is 19.8 Å². The second-order valence-corrected chi connectivity index (χ2v) is 0. The molecule has 0 aliphatic carbocycles. The second-order valence-electron chi connectivity index (χ2n) is 0. The third-order valence-corrected chi connectivity index (χ3v) is 0. The van der Waals surface area contributed by atoms with Crippen LogP contribution in [0.1, 0.15) is 0 Å². The molecule has 0 rings (SSSR count).